The standard InChI is InChI=1S/C27H35FN6O4/c1-16(34(6)26(36)38-27(2,3)4)24(35)31-20-12-17(13-20)8-9-18-15-30-25(33-23(18)29-5)32-19-10-11-22(37-7)21(28)14-19/h10-11,14-17,20H,12-13H2,1-7H3,(H,31,35)(H2,29,30,32,33)/t16-,17-,20+/m0/s1. The summed E-state index contributed by atoms with van der Waals surface area (Å²) in [5.74, 6) is 6.68. The molecule has 1 aromatic heterocycles. The molecule has 1 heterocycles. The van der Waals surface area contributed by atoms with E-state index in [4.69, 9.17) is 9.47 Å². The fourth-order valence-corrected chi connectivity index (χ4v) is 3.62. The number of amides is 2. The van der Waals surface area contributed by atoms with Crippen molar-refractivity contribution in [3.05, 3.63) is 35.8 Å². The van der Waals surface area contributed by atoms with Crippen molar-refractivity contribution in [1.29, 1.82) is 0 Å². The summed E-state index contributed by atoms with van der Waals surface area (Å²) >= 11 is 0. The van der Waals surface area contributed by atoms with Crippen LogP contribution in [0.2, 0.25) is 0 Å². The van der Waals surface area contributed by atoms with E-state index < -0.39 is 23.6 Å². The summed E-state index contributed by atoms with van der Waals surface area (Å²) in [6.45, 7) is 7.00. The normalized spacial score (nSPS) is 17.2. The van der Waals surface area contributed by atoms with Crippen LogP contribution in [0.5, 0.6) is 5.75 Å². The number of carbonyl (C=O) groups excluding carboxylic acids is 2. The highest BCUT2D eigenvalue weighted by atomic mass is 19.1. The first kappa shape index (κ1) is 28.5. The Morgan fingerprint density at radius 1 is 1.26 bits per heavy atom. The second-order valence-corrected chi connectivity index (χ2v) is 10.1. The molecule has 38 heavy (non-hydrogen) atoms. The van der Waals surface area contributed by atoms with Crippen LogP contribution in [0.1, 0.15) is 46.1 Å². The number of halogens is 1. The zero-order valence-electron chi connectivity index (χ0n) is 22.8. The van der Waals surface area contributed by atoms with E-state index in [2.05, 4.69) is 37.8 Å². The number of likely N-dealkylation sites (N-methyl/N-ethyl adjacent to an activating group) is 1. The van der Waals surface area contributed by atoms with Crippen molar-refractivity contribution in [1.82, 2.24) is 20.2 Å². The number of hydrogen-bond acceptors (Lipinski definition) is 8. The largest absolute Gasteiger partial charge is 0.494 e. The number of nitrogens with zero attached hydrogens (tertiary/aromatic N) is 3. The molecule has 204 valence electrons. The van der Waals surface area contributed by atoms with Crippen molar-refractivity contribution in [3.63, 3.8) is 0 Å². The maximum absolute atomic E-state index is 14.0. The van der Waals surface area contributed by atoms with Crippen LogP contribution in [0.25, 0.3) is 0 Å². The van der Waals surface area contributed by atoms with Crippen LogP contribution in [0.3, 0.4) is 0 Å². The first-order chi connectivity index (χ1) is 17.9. The number of aromatic nitrogens is 2. The SMILES string of the molecule is CNc1nc(Nc2ccc(OC)c(F)c2)ncc1C#C[C@H]1C[C@@H](NC(=O)[C@H](C)N(C)C(=O)OC(C)(C)C)C1. The van der Waals surface area contributed by atoms with Gasteiger partial charge in [0.25, 0.3) is 0 Å². The molecule has 3 rings (SSSR count). The molecule has 0 saturated heterocycles. The number of carbonyl (C=O) groups is 2. The summed E-state index contributed by atoms with van der Waals surface area (Å²) < 4.78 is 24.2. The Balaban J connectivity index is 1.53. The van der Waals surface area contributed by atoms with Crippen molar-refractivity contribution in [3.8, 4) is 17.6 Å². The average Bonchev–Trinajstić information content (AvgIpc) is 2.83. The van der Waals surface area contributed by atoms with E-state index in [1.165, 1.54) is 24.1 Å². The van der Waals surface area contributed by atoms with Crippen LogP contribution >= 0.6 is 0 Å². The first-order valence-corrected chi connectivity index (χ1v) is 12.3. The number of ether oxygens (including phenoxy) is 2. The van der Waals surface area contributed by atoms with Gasteiger partial charge in [0.15, 0.2) is 11.6 Å². The summed E-state index contributed by atoms with van der Waals surface area (Å²) in [4.78, 5) is 34.8. The van der Waals surface area contributed by atoms with Gasteiger partial charge < -0.3 is 25.4 Å². The molecule has 1 atom stereocenters. The molecule has 10 nitrogen and oxygen atoms in total. The fourth-order valence-electron chi connectivity index (χ4n) is 3.62. The van der Waals surface area contributed by atoms with Crippen LogP contribution < -0.4 is 20.7 Å². The Labute approximate surface area is 222 Å². The predicted octanol–water partition coefficient (Wildman–Crippen LogP) is 3.91. The van der Waals surface area contributed by atoms with E-state index in [9.17, 15) is 14.0 Å². The minimum Gasteiger partial charge on any atom is -0.494 e. The zero-order valence-corrected chi connectivity index (χ0v) is 22.8. The molecule has 0 unspecified atom stereocenters. The highest BCUT2D eigenvalue weighted by Gasteiger charge is 2.33. The second kappa shape index (κ2) is 12.0. The predicted molar refractivity (Wildman–Crippen MR) is 143 cm³/mol. The molecule has 2 amide bonds. The van der Waals surface area contributed by atoms with E-state index in [-0.39, 0.29) is 23.6 Å². The maximum Gasteiger partial charge on any atom is 0.410 e. The molecule has 1 saturated carbocycles. The molecule has 0 spiro atoms. The molecule has 1 aliphatic carbocycles. The van der Waals surface area contributed by atoms with Gasteiger partial charge in [0.05, 0.1) is 18.9 Å². The van der Waals surface area contributed by atoms with Gasteiger partial charge in [-0.2, -0.15) is 4.98 Å². The minimum absolute atomic E-state index is 0.00669. The van der Waals surface area contributed by atoms with Crippen molar-refractivity contribution >= 4 is 29.5 Å². The Morgan fingerprint density at radius 2 is 1.97 bits per heavy atom. The molecule has 1 aromatic carbocycles. The Hall–Kier alpha value is -4.07. The number of anilines is 3. The quantitative estimate of drug-likeness (QED) is 0.465. The van der Waals surface area contributed by atoms with Crippen LogP contribution in [-0.2, 0) is 9.53 Å². The summed E-state index contributed by atoms with van der Waals surface area (Å²) in [5, 5.41) is 8.94. The van der Waals surface area contributed by atoms with E-state index in [0.717, 1.165) is 0 Å². The van der Waals surface area contributed by atoms with E-state index in [0.29, 0.717) is 35.9 Å². The lowest BCUT2D eigenvalue weighted by molar-refractivity contribution is -0.126. The van der Waals surface area contributed by atoms with E-state index in [1.54, 1.807) is 54.1 Å². The number of hydrogen-bond donors (Lipinski definition) is 3. The molecule has 2 aromatic rings. The van der Waals surface area contributed by atoms with Crippen LogP contribution in [0, 0.1) is 23.6 Å². The van der Waals surface area contributed by atoms with Gasteiger partial charge in [0.2, 0.25) is 11.9 Å². The minimum atomic E-state index is -0.660. The van der Waals surface area contributed by atoms with Crippen LogP contribution in [0.15, 0.2) is 24.4 Å². The van der Waals surface area contributed by atoms with Crippen molar-refractivity contribution in [2.24, 2.45) is 5.92 Å². The molecule has 3 N–H and O–H groups in total. The lowest BCUT2D eigenvalue weighted by Crippen LogP contribution is -2.52. The number of methoxy groups -OCH3 is 1. The molecular weight excluding hydrogens is 491 g/mol. The van der Waals surface area contributed by atoms with Crippen molar-refractivity contribution in [2.45, 2.75) is 58.2 Å². The summed E-state index contributed by atoms with van der Waals surface area (Å²) in [6, 6.07) is 3.82. The van der Waals surface area contributed by atoms with Crippen LogP contribution in [0.4, 0.5) is 26.6 Å². The molecule has 1 aliphatic rings. The van der Waals surface area contributed by atoms with Gasteiger partial charge >= 0.3 is 6.09 Å². The molecule has 1 fully saturated rings. The highest BCUT2D eigenvalue weighted by molar-refractivity contribution is 5.85. The number of rotatable bonds is 7. The number of nitrogens with one attached hydrogen (secondary N) is 3. The topological polar surface area (TPSA) is 118 Å². The molecule has 11 heteroatoms. The van der Waals surface area contributed by atoms with Gasteiger partial charge in [-0.25, -0.2) is 14.2 Å². The van der Waals surface area contributed by atoms with Crippen LogP contribution in [-0.4, -0.2) is 65.8 Å². The van der Waals surface area contributed by atoms with Crippen molar-refractivity contribution < 1.29 is 23.5 Å². The Bertz CT molecular complexity index is 1230. The third-order valence-electron chi connectivity index (χ3n) is 5.97. The van der Waals surface area contributed by atoms with E-state index >= 15 is 0 Å². The second-order valence-electron chi connectivity index (χ2n) is 10.1. The molecule has 0 aliphatic heterocycles. The Morgan fingerprint density at radius 3 is 2.58 bits per heavy atom. The van der Waals surface area contributed by atoms with Crippen molar-refractivity contribution in [2.75, 3.05) is 31.8 Å². The molecule has 0 bridgehead atoms. The van der Waals surface area contributed by atoms with Gasteiger partial charge in [0.1, 0.15) is 17.5 Å². The average molecular weight is 527 g/mol. The van der Waals surface area contributed by atoms with E-state index in [1.807, 2.05) is 0 Å². The van der Waals surface area contributed by atoms with Gasteiger partial charge in [-0.1, -0.05) is 11.8 Å². The third-order valence-corrected chi connectivity index (χ3v) is 5.97. The summed E-state index contributed by atoms with van der Waals surface area (Å²) in [7, 11) is 4.68. The summed E-state index contributed by atoms with van der Waals surface area (Å²) in [5.41, 5.74) is 0.476. The third kappa shape index (κ3) is 7.47. The zero-order chi connectivity index (χ0) is 28.0. The lowest BCUT2D eigenvalue weighted by Gasteiger charge is -2.34. The highest BCUT2D eigenvalue weighted by Crippen LogP contribution is 2.27. The number of benzene rings is 1. The van der Waals surface area contributed by atoms with Gasteiger partial charge in [-0.15, -0.1) is 0 Å². The fraction of sp³-hybridized carbons (Fsp3) is 0.481. The van der Waals surface area contributed by atoms with Gasteiger partial charge in [-0.3, -0.25) is 9.69 Å². The summed E-state index contributed by atoms with van der Waals surface area (Å²) in [6.07, 6.45) is 2.47. The first-order valence-electron chi connectivity index (χ1n) is 12.3. The monoisotopic (exact) mass is 526 g/mol. The Kier molecular flexibility index (Phi) is 8.99. The van der Waals surface area contributed by atoms with Gasteiger partial charge in [0, 0.05) is 37.8 Å². The molecular formula is C27H35FN6O4. The molecule has 0 radical (unpaired) electrons. The maximum atomic E-state index is 14.0. The lowest BCUT2D eigenvalue weighted by atomic mass is 9.80. The van der Waals surface area contributed by atoms with Gasteiger partial charge in [-0.05, 0) is 52.7 Å². The smallest absolute Gasteiger partial charge is 0.410 e.